The molecule has 4 rings (SSSR count). The number of hydrogen-bond acceptors (Lipinski definition) is 5. The fourth-order valence-electron chi connectivity index (χ4n) is 3.84. The second kappa shape index (κ2) is 9.86. The van der Waals surface area contributed by atoms with Gasteiger partial charge in [0.1, 0.15) is 6.33 Å². The van der Waals surface area contributed by atoms with Gasteiger partial charge in [0.2, 0.25) is 5.91 Å². The molecule has 1 fully saturated rings. The van der Waals surface area contributed by atoms with Gasteiger partial charge in [-0.1, -0.05) is 43.0 Å². The van der Waals surface area contributed by atoms with Crippen molar-refractivity contribution >= 4 is 23.4 Å². The molecule has 0 aliphatic carbocycles. The van der Waals surface area contributed by atoms with Gasteiger partial charge in [-0.15, -0.1) is 10.2 Å². The van der Waals surface area contributed by atoms with Crippen LogP contribution in [0.4, 0.5) is 18.9 Å². The van der Waals surface area contributed by atoms with Crippen LogP contribution in [0.3, 0.4) is 0 Å². The smallest absolute Gasteiger partial charge is 0.368 e. The Morgan fingerprint density at radius 2 is 1.82 bits per heavy atom. The van der Waals surface area contributed by atoms with E-state index < -0.39 is 11.7 Å². The minimum Gasteiger partial charge on any atom is -0.368 e. The Morgan fingerprint density at radius 1 is 1.06 bits per heavy atom. The highest BCUT2D eigenvalue weighted by Gasteiger charge is 2.31. The number of rotatable bonds is 6. The average molecular weight is 476 g/mol. The zero-order chi connectivity index (χ0) is 23.4. The Hall–Kier alpha value is -3.01. The van der Waals surface area contributed by atoms with Gasteiger partial charge in [-0.05, 0) is 36.2 Å². The predicted molar refractivity (Wildman–Crippen MR) is 122 cm³/mol. The number of para-hydroxylation sites is 1. The number of carbonyl (C=O) groups is 1. The molecule has 0 saturated carbocycles. The maximum Gasteiger partial charge on any atom is 0.416 e. The standard InChI is InChI=1S/C23H24F3N5OS/c1-2-17-6-3-4-9-20(17)31-16-27-28-22(31)33-15-21(32)30-12-10-29(11-13-30)19-8-5-7-18(14-19)23(24,25)26/h3-9,14,16H,2,10-13,15H2,1H3. The Balaban J connectivity index is 1.34. The molecule has 2 heterocycles. The van der Waals surface area contributed by atoms with E-state index in [1.165, 1.54) is 17.8 Å². The first-order valence-corrected chi connectivity index (χ1v) is 11.7. The fraction of sp³-hybridized carbons (Fsp3) is 0.348. The molecule has 1 amide bonds. The van der Waals surface area contributed by atoms with Gasteiger partial charge >= 0.3 is 6.18 Å². The molecule has 2 aromatic carbocycles. The number of carbonyl (C=O) groups excluding carboxylic acids is 1. The number of nitrogens with zero attached hydrogens (tertiary/aromatic N) is 5. The summed E-state index contributed by atoms with van der Waals surface area (Å²) < 4.78 is 40.9. The third-order valence-corrected chi connectivity index (χ3v) is 6.57. The van der Waals surface area contributed by atoms with Gasteiger partial charge in [0, 0.05) is 31.9 Å². The summed E-state index contributed by atoms with van der Waals surface area (Å²) in [6, 6.07) is 13.3. The third-order valence-electron chi connectivity index (χ3n) is 5.64. The number of amides is 1. The topological polar surface area (TPSA) is 54.3 Å². The van der Waals surface area contributed by atoms with Gasteiger partial charge in [0.25, 0.3) is 0 Å². The summed E-state index contributed by atoms with van der Waals surface area (Å²) >= 11 is 1.33. The first-order chi connectivity index (χ1) is 15.9. The number of anilines is 1. The van der Waals surface area contributed by atoms with E-state index in [-0.39, 0.29) is 11.7 Å². The number of alkyl halides is 3. The van der Waals surface area contributed by atoms with Gasteiger partial charge in [-0.3, -0.25) is 9.36 Å². The summed E-state index contributed by atoms with van der Waals surface area (Å²) in [5.74, 6) is 0.193. The van der Waals surface area contributed by atoms with E-state index in [1.807, 2.05) is 27.7 Å². The first-order valence-electron chi connectivity index (χ1n) is 10.7. The molecule has 174 valence electrons. The highest BCUT2D eigenvalue weighted by molar-refractivity contribution is 7.99. The number of hydrogen-bond donors (Lipinski definition) is 0. The summed E-state index contributed by atoms with van der Waals surface area (Å²) in [6.07, 6.45) is -1.86. The highest BCUT2D eigenvalue weighted by atomic mass is 32.2. The molecule has 1 aliphatic heterocycles. The zero-order valence-electron chi connectivity index (χ0n) is 18.1. The molecular weight excluding hydrogens is 451 g/mol. The van der Waals surface area contributed by atoms with Crippen molar-refractivity contribution < 1.29 is 18.0 Å². The number of piperazine rings is 1. The third kappa shape index (κ3) is 5.32. The van der Waals surface area contributed by atoms with E-state index in [0.717, 1.165) is 29.8 Å². The molecule has 1 saturated heterocycles. The van der Waals surface area contributed by atoms with Crippen LogP contribution in [-0.4, -0.2) is 57.5 Å². The molecule has 1 aromatic heterocycles. The number of thioether (sulfide) groups is 1. The van der Waals surface area contributed by atoms with Gasteiger partial charge in [0.15, 0.2) is 5.16 Å². The lowest BCUT2D eigenvalue weighted by molar-refractivity contribution is -0.137. The number of benzene rings is 2. The lowest BCUT2D eigenvalue weighted by Crippen LogP contribution is -2.49. The normalized spacial score (nSPS) is 14.5. The molecule has 0 radical (unpaired) electrons. The lowest BCUT2D eigenvalue weighted by atomic mass is 10.1. The average Bonchev–Trinajstić information content (AvgIpc) is 3.30. The van der Waals surface area contributed by atoms with Crippen LogP contribution in [0.15, 0.2) is 60.0 Å². The van der Waals surface area contributed by atoms with Crippen molar-refractivity contribution in [3.8, 4) is 5.69 Å². The first kappa shape index (κ1) is 23.2. The van der Waals surface area contributed by atoms with Crippen LogP contribution in [0.5, 0.6) is 0 Å². The van der Waals surface area contributed by atoms with Crippen molar-refractivity contribution in [3.05, 3.63) is 66.0 Å². The molecule has 0 N–H and O–H groups in total. The number of aryl methyl sites for hydroxylation is 1. The van der Waals surface area contributed by atoms with Gasteiger partial charge in [0.05, 0.1) is 17.0 Å². The lowest BCUT2D eigenvalue weighted by Gasteiger charge is -2.36. The predicted octanol–water partition coefficient (Wildman–Crippen LogP) is 4.29. The van der Waals surface area contributed by atoms with E-state index in [0.29, 0.717) is 37.0 Å². The zero-order valence-corrected chi connectivity index (χ0v) is 18.9. The van der Waals surface area contributed by atoms with Crippen LogP contribution >= 0.6 is 11.8 Å². The molecular formula is C23H24F3N5OS. The maximum atomic E-state index is 13.0. The molecule has 6 nitrogen and oxygen atoms in total. The summed E-state index contributed by atoms with van der Waals surface area (Å²) in [6.45, 7) is 3.97. The quantitative estimate of drug-likeness (QED) is 0.498. The largest absolute Gasteiger partial charge is 0.416 e. The summed E-state index contributed by atoms with van der Waals surface area (Å²) in [5, 5.41) is 8.83. The molecule has 0 bridgehead atoms. The maximum absolute atomic E-state index is 13.0. The van der Waals surface area contributed by atoms with Crippen molar-refractivity contribution in [2.24, 2.45) is 0 Å². The number of aromatic nitrogens is 3. The molecule has 3 aromatic rings. The van der Waals surface area contributed by atoms with Crippen molar-refractivity contribution in [1.29, 1.82) is 0 Å². The van der Waals surface area contributed by atoms with Crippen LogP contribution in [-0.2, 0) is 17.4 Å². The molecule has 0 spiro atoms. The summed E-state index contributed by atoms with van der Waals surface area (Å²) in [4.78, 5) is 16.4. The van der Waals surface area contributed by atoms with E-state index >= 15 is 0 Å². The van der Waals surface area contributed by atoms with Gasteiger partial charge in [-0.25, -0.2) is 0 Å². The summed E-state index contributed by atoms with van der Waals surface area (Å²) in [5.41, 5.74) is 2.02. The summed E-state index contributed by atoms with van der Waals surface area (Å²) in [7, 11) is 0. The Labute approximate surface area is 194 Å². The second-order valence-corrected chi connectivity index (χ2v) is 8.61. The van der Waals surface area contributed by atoms with E-state index in [9.17, 15) is 18.0 Å². The Bertz CT molecular complexity index is 1110. The van der Waals surface area contributed by atoms with E-state index in [1.54, 1.807) is 17.3 Å². The second-order valence-electron chi connectivity index (χ2n) is 7.67. The minimum absolute atomic E-state index is 0.0259. The number of halogens is 3. The van der Waals surface area contributed by atoms with Crippen LogP contribution in [0.25, 0.3) is 5.69 Å². The molecule has 1 aliphatic rings. The van der Waals surface area contributed by atoms with Crippen molar-refractivity contribution in [3.63, 3.8) is 0 Å². The van der Waals surface area contributed by atoms with E-state index in [2.05, 4.69) is 23.2 Å². The van der Waals surface area contributed by atoms with Crippen LogP contribution in [0, 0.1) is 0 Å². The van der Waals surface area contributed by atoms with Gasteiger partial charge in [-0.2, -0.15) is 13.2 Å². The minimum atomic E-state index is -4.37. The Morgan fingerprint density at radius 3 is 2.55 bits per heavy atom. The fourth-order valence-corrected chi connectivity index (χ4v) is 4.67. The van der Waals surface area contributed by atoms with Crippen LogP contribution in [0.1, 0.15) is 18.1 Å². The molecule has 0 atom stereocenters. The highest BCUT2D eigenvalue weighted by Crippen LogP contribution is 2.32. The van der Waals surface area contributed by atoms with Crippen LogP contribution < -0.4 is 4.90 Å². The van der Waals surface area contributed by atoms with E-state index in [4.69, 9.17) is 0 Å². The molecule has 33 heavy (non-hydrogen) atoms. The van der Waals surface area contributed by atoms with Crippen molar-refractivity contribution in [1.82, 2.24) is 19.7 Å². The monoisotopic (exact) mass is 475 g/mol. The Kier molecular flexibility index (Phi) is 6.92. The van der Waals surface area contributed by atoms with Crippen LogP contribution in [0.2, 0.25) is 0 Å². The van der Waals surface area contributed by atoms with Gasteiger partial charge < -0.3 is 9.80 Å². The van der Waals surface area contributed by atoms with Crippen molar-refractivity contribution in [2.45, 2.75) is 24.7 Å². The molecule has 0 unspecified atom stereocenters. The molecule has 10 heteroatoms. The van der Waals surface area contributed by atoms with Crippen molar-refractivity contribution in [2.75, 3.05) is 36.8 Å². The SMILES string of the molecule is CCc1ccccc1-n1cnnc1SCC(=O)N1CCN(c2cccc(C(F)(F)F)c2)CC1.